The lowest BCUT2D eigenvalue weighted by molar-refractivity contribution is -0.132. The zero-order valence-corrected chi connectivity index (χ0v) is 10.3. The van der Waals surface area contributed by atoms with Gasteiger partial charge in [0.05, 0.1) is 12.6 Å². The van der Waals surface area contributed by atoms with Crippen LogP contribution in [0.4, 0.5) is 0 Å². The van der Waals surface area contributed by atoms with E-state index in [0.717, 1.165) is 0 Å². The van der Waals surface area contributed by atoms with E-state index in [9.17, 15) is 19.8 Å². The average molecular weight is 269 g/mol. The van der Waals surface area contributed by atoms with Gasteiger partial charge in [0.1, 0.15) is 11.7 Å². The first-order valence-corrected chi connectivity index (χ1v) is 6.01. The highest BCUT2D eigenvalue weighted by atomic mass is 16.6. The summed E-state index contributed by atoms with van der Waals surface area (Å²) in [6, 6.07) is -0.491. The first-order valence-electron chi connectivity index (χ1n) is 6.01. The van der Waals surface area contributed by atoms with E-state index in [0.29, 0.717) is 12.1 Å². The number of aliphatic hydroxyl groups excluding tert-OH is 2. The van der Waals surface area contributed by atoms with Gasteiger partial charge in [-0.25, -0.2) is 4.79 Å². The monoisotopic (exact) mass is 269 g/mol. The molecule has 8 nitrogen and oxygen atoms in total. The van der Waals surface area contributed by atoms with Gasteiger partial charge in [-0.05, 0) is 6.92 Å². The molecular formula is C11H15N3O5. The Bertz CT molecular complexity index is 623. The van der Waals surface area contributed by atoms with Crippen LogP contribution in [0.3, 0.4) is 0 Å². The van der Waals surface area contributed by atoms with Gasteiger partial charge in [-0.15, -0.1) is 0 Å². The summed E-state index contributed by atoms with van der Waals surface area (Å²) >= 11 is 0. The molecule has 104 valence electrons. The standard InChI is InChI=1S/C11H15N3O5/c1-5-2-14(10(18)13-8(5)17)9-6-7(16)11(4-15,19-9)3-12-6/h2,6-7,9,12,15-16H,3-4H2,1H3,(H,13,17,18)/t6?,7?,9-,11-/m1/s1. The lowest BCUT2D eigenvalue weighted by Gasteiger charge is -2.30. The summed E-state index contributed by atoms with van der Waals surface area (Å²) < 4.78 is 6.88. The number of nitrogens with zero attached hydrogens (tertiary/aromatic N) is 1. The molecule has 0 aromatic carbocycles. The topological polar surface area (TPSA) is 117 Å². The Morgan fingerprint density at radius 2 is 2.32 bits per heavy atom. The van der Waals surface area contributed by atoms with Gasteiger partial charge in [0.15, 0.2) is 6.23 Å². The number of aromatic amines is 1. The van der Waals surface area contributed by atoms with Crippen molar-refractivity contribution in [2.24, 2.45) is 0 Å². The summed E-state index contributed by atoms with van der Waals surface area (Å²) in [5, 5.41) is 22.5. The van der Waals surface area contributed by atoms with Crippen LogP contribution in [0, 0.1) is 6.92 Å². The van der Waals surface area contributed by atoms with Crippen LogP contribution in [0.25, 0.3) is 0 Å². The Balaban J connectivity index is 2.04. The second kappa shape index (κ2) is 4.01. The molecule has 1 aromatic rings. The summed E-state index contributed by atoms with van der Waals surface area (Å²) in [7, 11) is 0. The van der Waals surface area contributed by atoms with E-state index in [4.69, 9.17) is 4.74 Å². The van der Waals surface area contributed by atoms with Gasteiger partial charge in [0, 0.05) is 18.3 Å². The Hall–Kier alpha value is -1.48. The molecule has 1 aromatic heterocycles. The van der Waals surface area contributed by atoms with Crippen molar-refractivity contribution >= 4 is 0 Å². The van der Waals surface area contributed by atoms with E-state index in [1.54, 1.807) is 6.92 Å². The molecule has 0 aliphatic carbocycles. The predicted octanol–water partition coefficient (Wildman–Crippen LogP) is -2.56. The lowest BCUT2D eigenvalue weighted by atomic mass is 10.0. The molecule has 0 spiro atoms. The molecule has 19 heavy (non-hydrogen) atoms. The number of hydrogen-bond donors (Lipinski definition) is 4. The second-order valence-electron chi connectivity index (χ2n) is 5.06. The number of morpholine rings is 1. The first-order chi connectivity index (χ1) is 8.98. The van der Waals surface area contributed by atoms with Gasteiger partial charge in [0.2, 0.25) is 0 Å². The minimum Gasteiger partial charge on any atom is -0.393 e. The molecule has 2 unspecified atom stereocenters. The largest absolute Gasteiger partial charge is 0.393 e. The van der Waals surface area contributed by atoms with Gasteiger partial charge in [-0.3, -0.25) is 14.3 Å². The van der Waals surface area contributed by atoms with Gasteiger partial charge in [-0.2, -0.15) is 0 Å². The first kappa shape index (κ1) is 12.5. The molecule has 3 rings (SSSR count). The van der Waals surface area contributed by atoms with Crippen LogP contribution in [-0.2, 0) is 4.74 Å². The van der Waals surface area contributed by atoms with Crippen molar-refractivity contribution in [1.82, 2.24) is 14.9 Å². The molecule has 3 heterocycles. The average Bonchev–Trinajstić information content (AvgIpc) is 2.85. The van der Waals surface area contributed by atoms with Crippen molar-refractivity contribution in [1.29, 1.82) is 0 Å². The van der Waals surface area contributed by atoms with E-state index in [1.807, 2.05) is 0 Å². The van der Waals surface area contributed by atoms with Gasteiger partial charge >= 0.3 is 5.69 Å². The summed E-state index contributed by atoms with van der Waals surface area (Å²) in [5.74, 6) is 0. The number of ether oxygens (including phenoxy) is 1. The van der Waals surface area contributed by atoms with E-state index < -0.39 is 35.2 Å². The zero-order chi connectivity index (χ0) is 13.8. The molecule has 2 fully saturated rings. The van der Waals surface area contributed by atoms with Crippen molar-refractivity contribution in [2.75, 3.05) is 13.2 Å². The SMILES string of the molecule is Cc1cn([C@@H]2O[C@@]3(CO)CNC2C3O)c(=O)[nH]c1=O. The normalized spacial score (nSPS) is 36.9. The molecule has 4 N–H and O–H groups in total. The van der Waals surface area contributed by atoms with Crippen molar-refractivity contribution in [3.63, 3.8) is 0 Å². The van der Waals surface area contributed by atoms with Crippen LogP contribution in [-0.4, -0.2) is 50.7 Å². The molecule has 0 radical (unpaired) electrons. The minimum absolute atomic E-state index is 0.322. The summed E-state index contributed by atoms with van der Waals surface area (Å²) in [5.41, 5.74) is -1.76. The third kappa shape index (κ3) is 1.61. The lowest BCUT2D eigenvalue weighted by Crippen LogP contribution is -2.48. The van der Waals surface area contributed by atoms with Crippen molar-refractivity contribution in [3.05, 3.63) is 32.6 Å². The molecule has 2 aliphatic heterocycles. The fourth-order valence-corrected chi connectivity index (χ4v) is 2.71. The van der Waals surface area contributed by atoms with Gasteiger partial charge < -0.3 is 20.3 Å². The number of H-pyrrole nitrogens is 1. The summed E-state index contributed by atoms with van der Waals surface area (Å²) in [6.07, 6.45) is -0.257. The van der Waals surface area contributed by atoms with E-state index in [1.165, 1.54) is 10.8 Å². The Morgan fingerprint density at radius 1 is 1.58 bits per heavy atom. The number of hydrogen-bond acceptors (Lipinski definition) is 6. The fourth-order valence-electron chi connectivity index (χ4n) is 2.71. The summed E-state index contributed by atoms with van der Waals surface area (Å²) in [4.78, 5) is 25.3. The molecule has 8 heteroatoms. The molecule has 0 amide bonds. The van der Waals surface area contributed by atoms with Crippen molar-refractivity contribution < 1.29 is 14.9 Å². The smallest absolute Gasteiger partial charge is 0.330 e. The zero-order valence-electron chi connectivity index (χ0n) is 10.3. The third-order valence-electron chi connectivity index (χ3n) is 3.87. The van der Waals surface area contributed by atoms with E-state index in [2.05, 4.69) is 10.3 Å². The maximum atomic E-state index is 11.8. The number of nitrogens with one attached hydrogen (secondary N) is 2. The molecule has 4 atom stereocenters. The van der Waals surface area contributed by atoms with Crippen LogP contribution in [0.15, 0.2) is 15.8 Å². The molecule has 2 saturated heterocycles. The maximum Gasteiger partial charge on any atom is 0.330 e. The Kier molecular flexibility index (Phi) is 2.65. The van der Waals surface area contributed by atoms with Crippen LogP contribution < -0.4 is 16.6 Å². The maximum absolute atomic E-state index is 11.8. The van der Waals surface area contributed by atoms with Crippen LogP contribution >= 0.6 is 0 Å². The van der Waals surface area contributed by atoms with Crippen molar-refractivity contribution in [3.8, 4) is 0 Å². The fraction of sp³-hybridized carbons (Fsp3) is 0.636. The number of aryl methyl sites for hydroxylation is 1. The van der Waals surface area contributed by atoms with Crippen LogP contribution in [0.5, 0.6) is 0 Å². The molecular weight excluding hydrogens is 254 g/mol. The molecule has 2 bridgehead atoms. The number of rotatable bonds is 2. The quantitative estimate of drug-likeness (QED) is 0.469. The van der Waals surface area contributed by atoms with Crippen LogP contribution in [0.2, 0.25) is 0 Å². The van der Waals surface area contributed by atoms with Crippen LogP contribution in [0.1, 0.15) is 11.8 Å². The van der Waals surface area contributed by atoms with Gasteiger partial charge in [0.25, 0.3) is 5.56 Å². The number of aliphatic hydroxyl groups is 2. The summed E-state index contributed by atoms with van der Waals surface area (Å²) in [6.45, 7) is 1.56. The highest BCUT2D eigenvalue weighted by Crippen LogP contribution is 2.40. The third-order valence-corrected chi connectivity index (χ3v) is 3.87. The highest BCUT2D eigenvalue weighted by molar-refractivity contribution is 5.13. The van der Waals surface area contributed by atoms with Gasteiger partial charge in [-0.1, -0.05) is 0 Å². The predicted molar refractivity (Wildman–Crippen MR) is 63.8 cm³/mol. The Labute approximate surface area is 107 Å². The highest BCUT2D eigenvalue weighted by Gasteiger charge is 2.60. The molecule has 0 saturated carbocycles. The number of aromatic nitrogens is 2. The molecule has 2 aliphatic rings. The minimum atomic E-state index is -1.08. The van der Waals surface area contributed by atoms with E-state index >= 15 is 0 Å². The second-order valence-corrected chi connectivity index (χ2v) is 5.06. The van der Waals surface area contributed by atoms with E-state index in [-0.39, 0.29) is 6.61 Å². The number of fused-ring (bicyclic) bond motifs is 2. The van der Waals surface area contributed by atoms with Crippen molar-refractivity contribution in [2.45, 2.75) is 30.9 Å². The Morgan fingerprint density at radius 3 is 2.95 bits per heavy atom.